The number of amides is 1. The Morgan fingerprint density at radius 2 is 2.32 bits per heavy atom. The summed E-state index contributed by atoms with van der Waals surface area (Å²) < 4.78 is 7.03. The summed E-state index contributed by atoms with van der Waals surface area (Å²) in [5.74, 6) is 1.26. The van der Waals surface area contributed by atoms with Gasteiger partial charge >= 0.3 is 0 Å². The highest BCUT2D eigenvalue weighted by Gasteiger charge is 2.31. The molecule has 6 nitrogen and oxygen atoms in total. The summed E-state index contributed by atoms with van der Waals surface area (Å²) in [6.07, 6.45) is 5.71. The van der Waals surface area contributed by atoms with E-state index in [4.69, 9.17) is 9.40 Å². The second kappa shape index (κ2) is 4.98. The Morgan fingerprint density at radius 1 is 1.41 bits per heavy atom. The topological polar surface area (TPSA) is 64.2 Å². The van der Waals surface area contributed by atoms with Gasteiger partial charge in [0.25, 0.3) is 5.91 Å². The minimum Gasteiger partial charge on any atom is -0.472 e. The number of carbonyl (C=O) groups is 1. The van der Waals surface area contributed by atoms with Crippen molar-refractivity contribution in [2.75, 3.05) is 13.1 Å². The maximum atomic E-state index is 12.4. The monoisotopic (exact) mass is 296 g/mol. The zero-order chi connectivity index (χ0) is 15.1. The van der Waals surface area contributed by atoms with E-state index in [0.717, 1.165) is 30.0 Å². The first kappa shape index (κ1) is 13.1. The molecule has 0 spiro atoms. The molecule has 1 aliphatic heterocycles. The van der Waals surface area contributed by atoms with E-state index in [1.807, 2.05) is 28.6 Å². The fraction of sp³-hybridized carbons (Fsp3) is 0.312. The maximum absolute atomic E-state index is 12.4. The molecule has 6 heteroatoms. The number of likely N-dealkylation sites (tertiary alicyclic amines) is 1. The van der Waals surface area contributed by atoms with Crippen LogP contribution in [0.4, 0.5) is 0 Å². The molecule has 1 unspecified atom stereocenters. The average molecular weight is 296 g/mol. The first-order chi connectivity index (χ1) is 10.7. The first-order valence-electron chi connectivity index (χ1n) is 7.33. The summed E-state index contributed by atoms with van der Waals surface area (Å²) in [4.78, 5) is 23.3. The minimum atomic E-state index is 0.0214. The van der Waals surface area contributed by atoms with Gasteiger partial charge in [-0.15, -0.1) is 0 Å². The summed E-state index contributed by atoms with van der Waals surface area (Å²) in [6, 6.07) is 5.56. The Bertz CT molecular complexity index is 822. The van der Waals surface area contributed by atoms with Crippen molar-refractivity contribution in [3.05, 3.63) is 48.3 Å². The molecule has 0 radical (unpaired) electrons. The second-order valence-electron chi connectivity index (χ2n) is 5.62. The van der Waals surface area contributed by atoms with Crippen LogP contribution in [-0.4, -0.2) is 38.4 Å². The second-order valence-corrected chi connectivity index (χ2v) is 5.62. The number of hydrogen-bond acceptors (Lipinski definition) is 4. The lowest BCUT2D eigenvalue weighted by molar-refractivity contribution is 0.0789. The van der Waals surface area contributed by atoms with Crippen molar-refractivity contribution in [2.45, 2.75) is 12.3 Å². The Morgan fingerprint density at radius 3 is 3.09 bits per heavy atom. The lowest BCUT2D eigenvalue weighted by Gasteiger charge is -2.15. The smallest absolute Gasteiger partial charge is 0.257 e. The van der Waals surface area contributed by atoms with Crippen molar-refractivity contribution in [3.63, 3.8) is 0 Å². The molecule has 22 heavy (non-hydrogen) atoms. The molecule has 1 aliphatic rings. The number of fused-ring (bicyclic) bond motifs is 1. The van der Waals surface area contributed by atoms with Crippen LogP contribution in [0.25, 0.3) is 11.2 Å². The zero-order valence-electron chi connectivity index (χ0n) is 12.3. The average Bonchev–Trinajstić information content (AvgIpc) is 3.27. The van der Waals surface area contributed by atoms with E-state index in [1.165, 1.54) is 12.5 Å². The number of aryl methyl sites for hydroxylation is 1. The molecule has 0 bridgehead atoms. The standard InChI is InChI=1S/C16H16N4O2/c1-19-14(18-13-3-2-6-17-15(13)19)11-4-7-20(9-11)16(21)12-5-8-22-10-12/h2-3,5-6,8,10-11H,4,7,9H2,1H3. The van der Waals surface area contributed by atoms with E-state index in [-0.39, 0.29) is 11.8 Å². The molecule has 1 amide bonds. The molecule has 0 aromatic carbocycles. The summed E-state index contributed by atoms with van der Waals surface area (Å²) in [5.41, 5.74) is 2.39. The molecule has 3 aromatic heterocycles. The highest BCUT2D eigenvalue weighted by atomic mass is 16.3. The van der Waals surface area contributed by atoms with Gasteiger partial charge in [0, 0.05) is 32.3 Å². The van der Waals surface area contributed by atoms with Crippen LogP contribution < -0.4 is 0 Å². The van der Waals surface area contributed by atoms with Gasteiger partial charge in [0.05, 0.1) is 11.8 Å². The Labute approximate surface area is 127 Å². The summed E-state index contributed by atoms with van der Waals surface area (Å²) in [7, 11) is 1.98. The van der Waals surface area contributed by atoms with Crippen LogP contribution in [0, 0.1) is 0 Å². The normalized spacial score (nSPS) is 18.2. The van der Waals surface area contributed by atoms with Crippen molar-refractivity contribution in [3.8, 4) is 0 Å². The number of aromatic nitrogens is 3. The molecule has 4 heterocycles. The number of carbonyl (C=O) groups excluding carboxylic acids is 1. The number of pyridine rings is 1. The van der Waals surface area contributed by atoms with E-state index < -0.39 is 0 Å². The van der Waals surface area contributed by atoms with Gasteiger partial charge in [0.1, 0.15) is 17.6 Å². The quantitative estimate of drug-likeness (QED) is 0.727. The van der Waals surface area contributed by atoms with Gasteiger partial charge in [-0.3, -0.25) is 4.79 Å². The third-order valence-corrected chi connectivity index (χ3v) is 4.27. The van der Waals surface area contributed by atoms with Gasteiger partial charge in [0.2, 0.25) is 0 Å². The molecule has 0 saturated carbocycles. The van der Waals surface area contributed by atoms with Crippen LogP contribution >= 0.6 is 0 Å². The Hall–Kier alpha value is -2.63. The third kappa shape index (κ3) is 1.99. The number of hydrogen-bond donors (Lipinski definition) is 0. The van der Waals surface area contributed by atoms with E-state index >= 15 is 0 Å². The van der Waals surface area contributed by atoms with Crippen LogP contribution in [0.3, 0.4) is 0 Å². The van der Waals surface area contributed by atoms with Crippen LogP contribution in [0.1, 0.15) is 28.5 Å². The summed E-state index contributed by atoms with van der Waals surface area (Å²) >= 11 is 0. The Balaban J connectivity index is 1.59. The molecule has 3 aromatic rings. The molecular weight excluding hydrogens is 280 g/mol. The van der Waals surface area contributed by atoms with Crippen LogP contribution in [0.2, 0.25) is 0 Å². The molecule has 112 valence electrons. The lowest BCUT2D eigenvalue weighted by atomic mass is 10.1. The van der Waals surface area contributed by atoms with Gasteiger partial charge in [0.15, 0.2) is 5.65 Å². The minimum absolute atomic E-state index is 0.0214. The highest BCUT2D eigenvalue weighted by molar-refractivity contribution is 5.94. The van der Waals surface area contributed by atoms with Crippen molar-refractivity contribution in [1.29, 1.82) is 0 Å². The summed E-state index contributed by atoms with van der Waals surface area (Å²) in [6.45, 7) is 1.42. The van der Waals surface area contributed by atoms with Gasteiger partial charge in [-0.25, -0.2) is 9.97 Å². The molecule has 1 saturated heterocycles. The molecular formula is C16H16N4O2. The zero-order valence-corrected chi connectivity index (χ0v) is 12.3. The maximum Gasteiger partial charge on any atom is 0.257 e. The van der Waals surface area contributed by atoms with E-state index in [9.17, 15) is 4.79 Å². The molecule has 0 aliphatic carbocycles. The number of imidazole rings is 1. The molecule has 0 N–H and O–H groups in total. The SMILES string of the molecule is Cn1c(C2CCN(C(=O)c3ccoc3)C2)nc2cccnc21. The Kier molecular flexibility index (Phi) is 2.96. The predicted molar refractivity (Wildman–Crippen MR) is 80.5 cm³/mol. The summed E-state index contributed by atoms with van der Waals surface area (Å²) in [5, 5.41) is 0. The molecule has 4 rings (SSSR count). The third-order valence-electron chi connectivity index (χ3n) is 4.27. The van der Waals surface area contributed by atoms with Gasteiger partial charge in [-0.05, 0) is 24.6 Å². The van der Waals surface area contributed by atoms with Gasteiger partial charge < -0.3 is 13.9 Å². The molecule has 1 fully saturated rings. The van der Waals surface area contributed by atoms with Crippen LogP contribution in [0.5, 0.6) is 0 Å². The van der Waals surface area contributed by atoms with Crippen molar-refractivity contribution >= 4 is 17.1 Å². The number of furan rings is 1. The molecule has 1 atom stereocenters. The first-order valence-corrected chi connectivity index (χ1v) is 7.33. The van der Waals surface area contributed by atoms with E-state index in [2.05, 4.69) is 4.98 Å². The van der Waals surface area contributed by atoms with Crippen molar-refractivity contribution in [1.82, 2.24) is 19.4 Å². The van der Waals surface area contributed by atoms with E-state index in [1.54, 1.807) is 12.3 Å². The predicted octanol–water partition coefficient (Wildman–Crippen LogP) is 2.19. The van der Waals surface area contributed by atoms with Crippen molar-refractivity contribution < 1.29 is 9.21 Å². The van der Waals surface area contributed by atoms with Crippen LogP contribution in [-0.2, 0) is 7.05 Å². The fourth-order valence-electron chi connectivity index (χ4n) is 3.13. The van der Waals surface area contributed by atoms with E-state index in [0.29, 0.717) is 12.1 Å². The van der Waals surface area contributed by atoms with Gasteiger partial charge in [-0.1, -0.05) is 0 Å². The highest BCUT2D eigenvalue weighted by Crippen LogP contribution is 2.29. The van der Waals surface area contributed by atoms with Crippen LogP contribution in [0.15, 0.2) is 41.3 Å². The lowest BCUT2D eigenvalue weighted by Crippen LogP contribution is -2.28. The number of rotatable bonds is 2. The van der Waals surface area contributed by atoms with Gasteiger partial charge in [-0.2, -0.15) is 0 Å². The number of nitrogens with zero attached hydrogens (tertiary/aromatic N) is 4. The van der Waals surface area contributed by atoms with Crippen molar-refractivity contribution in [2.24, 2.45) is 7.05 Å². The fourth-order valence-corrected chi connectivity index (χ4v) is 3.13. The largest absolute Gasteiger partial charge is 0.472 e.